The number of ether oxygens (including phenoxy) is 1. The van der Waals surface area contributed by atoms with Crippen LogP contribution < -0.4 is 0 Å². The zero-order valence-corrected chi connectivity index (χ0v) is 11.8. The lowest BCUT2D eigenvalue weighted by molar-refractivity contribution is -0.136. The van der Waals surface area contributed by atoms with Crippen LogP contribution in [0.1, 0.15) is 23.8 Å². The number of methoxy groups -OCH3 is 1. The molecule has 0 saturated carbocycles. The lowest BCUT2D eigenvalue weighted by atomic mass is 9.96. The van der Waals surface area contributed by atoms with E-state index in [1.807, 2.05) is 0 Å². The number of carbonyl (C=O) groups is 2. The molecule has 0 bridgehead atoms. The number of aromatic carboxylic acids is 1. The summed E-state index contributed by atoms with van der Waals surface area (Å²) in [4.78, 5) is 25.0. The number of hydrogen-bond acceptors (Lipinski definition) is 3. The Morgan fingerprint density at radius 3 is 2.90 bits per heavy atom. The van der Waals surface area contributed by atoms with Gasteiger partial charge in [0.1, 0.15) is 12.2 Å². The predicted molar refractivity (Wildman–Crippen MR) is 72.5 cm³/mol. The minimum Gasteiger partial charge on any atom is -0.477 e. The zero-order valence-electron chi connectivity index (χ0n) is 11.8. The van der Waals surface area contributed by atoms with Crippen molar-refractivity contribution in [2.45, 2.75) is 26.0 Å². The van der Waals surface area contributed by atoms with Crippen LogP contribution in [0.2, 0.25) is 0 Å². The smallest absolute Gasteiger partial charge is 0.352 e. The first kappa shape index (κ1) is 14.6. The van der Waals surface area contributed by atoms with Gasteiger partial charge in [-0.05, 0) is 24.5 Å². The molecular formula is C14H20N2O4. The molecule has 1 aromatic heterocycles. The topological polar surface area (TPSA) is 71.8 Å². The number of likely N-dealkylation sites (tertiary alicyclic amines) is 1. The summed E-state index contributed by atoms with van der Waals surface area (Å²) in [6.45, 7) is 3.44. The standard InChI is InChI=1S/C14H20N2O4/c1-10-5-7-16(8-12(10)20-2)13(17)9-15-6-3-4-11(15)14(18)19/h3-4,6,10,12H,5,7-9H2,1-2H3,(H,18,19). The van der Waals surface area contributed by atoms with Crippen LogP contribution in [0.3, 0.4) is 0 Å². The molecule has 2 atom stereocenters. The zero-order chi connectivity index (χ0) is 14.7. The highest BCUT2D eigenvalue weighted by Gasteiger charge is 2.29. The average Bonchev–Trinajstić information content (AvgIpc) is 2.87. The molecule has 1 fully saturated rings. The van der Waals surface area contributed by atoms with E-state index in [1.165, 1.54) is 10.6 Å². The van der Waals surface area contributed by atoms with Gasteiger partial charge in [-0.1, -0.05) is 6.92 Å². The Kier molecular flexibility index (Phi) is 4.44. The van der Waals surface area contributed by atoms with Crippen LogP contribution in [0.15, 0.2) is 18.3 Å². The summed E-state index contributed by atoms with van der Waals surface area (Å²) >= 11 is 0. The largest absolute Gasteiger partial charge is 0.477 e. The molecule has 1 aromatic rings. The fourth-order valence-corrected chi connectivity index (χ4v) is 2.56. The van der Waals surface area contributed by atoms with E-state index in [4.69, 9.17) is 9.84 Å². The van der Waals surface area contributed by atoms with Crippen LogP contribution in [0.5, 0.6) is 0 Å². The number of carboxylic acid groups (broad SMARTS) is 1. The Morgan fingerprint density at radius 2 is 2.25 bits per heavy atom. The molecule has 20 heavy (non-hydrogen) atoms. The van der Waals surface area contributed by atoms with E-state index in [0.717, 1.165) is 6.42 Å². The molecule has 0 aromatic carbocycles. The fraction of sp³-hybridized carbons (Fsp3) is 0.571. The number of aromatic nitrogens is 1. The van der Waals surface area contributed by atoms with Gasteiger partial charge >= 0.3 is 5.97 Å². The number of rotatable bonds is 4. The van der Waals surface area contributed by atoms with E-state index in [1.54, 1.807) is 24.3 Å². The molecule has 0 radical (unpaired) electrons. The van der Waals surface area contributed by atoms with Crippen molar-refractivity contribution in [3.8, 4) is 0 Å². The molecular weight excluding hydrogens is 260 g/mol. The lowest BCUT2D eigenvalue weighted by Crippen LogP contribution is -2.47. The maximum absolute atomic E-state index is 12.3. The second kappa shape index (κ2) is 6.09. The molecule has 0 spiro atoms. The first-order valence-electron chi connectivity index (χ1n) is 6.72. The van der Waals surface area contributed by atoms with Gasteiger partial charge in [0.05, 0.1) is 6.10 Å². The molecule has 0 aliphatic carbocycles. The molecule has 6 nitrogen and oxygen atoms in total. The van der Waals surface area contributed by atoms with Crippen molar-refractivity contribution in [3.05, 3.63) is 24.0 Å². The van der Waals surface area contributed by atoms with Crippen LogP contribution in [0, 0.1) is 5.92 Å². The molecule has 110 valence electrons. The van der Waals surface area contributed by atoms with Crippen LogP contribution in [0.4, 0.5) is 0 Å². The highest BCUT2D eigenvalue weighted by atomic mass is 16.5. The molecule has 1 aliphatic rings. The van der Waals surface area contributed by atoms with Gasteiger partial charge in [0, 0.05) is 26.4 Å². The SMILES string of the molecule is COC1CN(C(=O)Cn2cccc2C(=O)O)CCC1C. The second-order valence-electron chi connectivity index (χ2n) is 5.21. The number of carboxylic acids is 1. The minimum atomic E-state index is -1.02. The Bertz CT molecular complexity index is 497. The summed E-state index contributed by atoms with van der Waals surface area (Å²) in [5, 5.41) is 9.03. The molecule has 1 amide bonds. The second-order valence-corrected chi connectivity index (χ2v) is 5.21. The van der Waals surface area contributed by atoms with Crippen LogP contribution in [0.25, 0.3) is 0 Å². The number of hydrogen-bond donors (Lipinski definition) is 1. The number of piperidine rings is 1. The summed E-state index contributed by atoms with van der Waals surface area (Å²) in [5.74, 6) is -0.660. The Morgan fingerprint density at radius 1 is 1.50 bits per heavy atom. The van der Waals surface area contributed by atoms with Crippen molar-refractivity contribution in [2.75, 3.05) is 20.2 Å². The van der Waals surface area contributed by atoms with Crippen molar-refractivity contribution in [1.82, 2.24) is 9.47 Å². The van der Waals surface area contributed by atoms with E-state index in [9.17, 15) is 9.59 Å². The maximum atomic E-state index is 12.3. The predicted octanol–water partition coefficient (Wildman–Crippen LogP) is 1.07. The van der Waals surface area contributed by atoms with Gasteiger partial charge in [-0.3, -0.25) is 4.79 Å². The van der Waals surface area contributed by atoms with Crippen LogP contribution in [-0.4, -0.2) is 52.8 Å². The van der Waals surface area contributed by atoms with E-state index >= 15 is 0 Å². The third-order valence-corrected chi connectivity index (χ3v) is 3.90. The molecule has 6 heteroatoms. The fourth-order valence-electron chi connectivity index (χ4n) is 2.56. The van der Waals surface area contributed by atoms with E-state index in [2.05, 4.69) is 6.92 Å². The number of amides is 1. The van der Waals surface area contributed by atoms with Crippen LogP contribution >= 0.6 is 0 Å². The monoisotopic (exact) mass is 280 g/mol. The lowest BCUT2D eigenvalue weighted by Gasteiger charge is -2.36. The van der Waals surface area contributed by atoms with E-state index < -0.39 is 5.97 Å². The Hall–Kier alpha value is -1.82. The van der Waals surface area contributed by atoms with Gasteiger partial charge in [-0.2, -0.15) is 0 Å². The van der Waals surface area contributed by atoms with Crippen molar-refractivity contribution in [3.63, 3.8) is 0 Å². The maximum Gasteiger partial charge on any atom is 0.352 e. The van der Waals surface area contributed by atoms with Gasteiger partial charge < -0.3 is 19.3 Å². The Balaban J connectivity index is 2.01. The minimum absolute atomic E-state index is 0.0521. The van der Waals surface area contributed by atoms with Gasteiger partial charge in [0.25, 0.3) is 0 Å². The summed E-state index contributed by atoms with van der Waals surface area (Å²) in [6.07, 6.45) is 2.57. The molecule has 2 unspecified atom stereocenters. The first-order chi connectivity index (χ1) is 9.52. The summed E-state index contributed by atoms with van der Waals surface area (Å²) in [7, 11) is 1.66. The molecule has 1 N–H and O–H groups in total. The summed E-state index contributed by atoms with van der Waals surface area (Å²) < 4.78 is 6.85. The molecule has 2 rings (SSSR count). The quantitative estimate of drug-likeness (QED) is 0.895. The first-order valence-corrected chi connectivity index (χ1v) is 6.72. The summed E-state index contributed by atoms with van der Waals surface area (Å²) in [5.41, 5.74) is 0.131. The third kappa shape index (κ3) is 3.01. The Labute approximate surface area is 117 Å². The highest BCUT2D eigenvalue weighted by molar-refractivity contribution is 5.86. The molecule has 1 saturated heterocycles. The molecule has 2 heterocycles. The highest BCUT2D eigenvalue weighted by Crippen LogP contribution is 2.19. The van der Waals surface area contributed by atoms with Gasteiger partial charge in [-0.25, -0.2) is 4.79 Å². The third-order valence-electron chi connectivity index (χ3n) is 3.90. The van der Waals surface area contributed by atoms with E-state index in [-0.39, 0.29) is 24.2 Å². The van der Waals surface area contributed by atoms with Gasteiger partial charge in [0.15, 0.2) is 0 Å². The van der Waals surface area contributed by atoms with Crippen molar-refractivity contribution in [2.24, 2.45) is 5.92 Å². The number of nitrogens with zero attached hydrogens (tertiary/aromatic N) is 2. The van der Waals surface area contributed by atoms with Crippen LogP contribution in [-0.2, 0) is 16.1 Å². The van der Waals surface area contributed by atoms with E-state index in [0.29, 0.717) is 19.0 Å². The summed E-state index contributed by atoms with van der Waals surface area (Å²) in [6, 6.07) is 3.12. The average molecular weight is 280 g/mol. The van der Waals surface area contributed by atoms with Crippen molar-refractivity contribution < 1.29 is 19.4 Å². The van der Waals surface area contributed by atoms with Gasteiger partial charge in [0.2, 0.25) is 5.91 Å². The number of carbonyl (C=O) groups excluding carboxylic acids is 1. The van der Waals surface area contributed by atoms with Crippen molar-refractivity contribution >= 4 is 11.9 Å². The normalized spacial score (nSPS) is 22.8. The van der Waals surface area contributed by atoms with Gasteiger partial charge in [-0.15, -0.1) is 0 Å². The molecule has 1 aliphatic heterocycles. The van der Waals surface area contributed by atoms with Crippen molar-refractivity contribution in [1.29, 1.82) is 0 Å².